The van der Waals surface area contributed by atoms with Gasteiger partial charge in [-0.2, -0.15) is 0 Å². The Morgan fingerprint density at radius 3 is 2.53 bits per heavy atom. The van der Waals surface area contributed by atoms with Gasteiger partial charge in [-0.05, 0) is 6.42 Å². The van der Waals surface area contributed by atoms with E-state index in [-0.39, 0.29) is 5.91 Å². The first-order valence-corrected chi connectivity index (χ1v) is 5.15. The number of hydrogen-bond acceptors (Lipinski definition) is 4. The Kier molecular flexibility index (Phi) is 9.46. The van der Waals surface area contributed by atoms with Crippen molar-refractivity contribution in [3.63, 3.8) is 0 Å². The van der Waals surface area contributed by atoms with Crippen molar-refractivity contribution in [3.8, 4) is 0 Å². The number of rotatable bonds is 9. The van der Waals surface area contributed by atoms with Crippen molar-refractivity contribution in [2.45, 2.75) is 6.42 Å². The van der Waals surface area contributed by atoms with Crippen molar-refractivity contribution in [2.24, 2.45) is 0 Å². The Labute approximate surface area is 91.7 Å². The fourth-order valence-corrected chi connectivity index (χ4v) is 1.08. The molecule has 0 saturated carbocycles. The van der Waals surface area contributed by atoms with E-state index in [1.54, 1.807) is 26.2 Å². The molecule has 5 heteroatoms. The predicted molar refractivity (Wildman–Crippen MR) is 58.9 cm³/mol. The highest BCUT2D eigenvalue weighted by Gasteiger charge is 2.06. The van der Waals surface area contributed by atoms with Gasteiger partial charge in [-0.15, -0.1) is 0 Å². The van der Waals surface area contributed by atoms with E-state index in [0.29, 0.717) is 26.3 Å². The highest BCUT2D eigenvalue weighted by Crippen LogP contribution is 1.88. The zero-order valence-corrected chi connectivity index (χ0v) is 9.91. The molecule has 0 fully saturated rings. The van der Waals surface area contributed by atoms with Crippen LogP contribution in [-0.4, -0.2) is 64.9 Å². The molecule has 1 N–H and O–H groups in total. The van der Waals surface area contributed by atoms with Crippen LogP contribution in [0.15, 0.2) is 0 Å². The van der Waals surface area contributed by atoms with Gasteiger partial charge < -0.3 is 19.7 Å². The molecule has 0 rings (SSSR count). The second-order valence-electron chi connectivity index (χ2n) is 3.33. The van der Waals surface area contributed by atoms with E-state index in [1.807, 2.05) is 0 Å². The molecule has 0 aliphatic rings. The molecule has 5 nitrogen and oxygen atoms in total. The van der Waals surface area contributed by atoms with Crippen molar-refractivity contribution in [1.29, 1.82) is 0 Å². The van der Waals surface area contributed by atoms with Crippen LogP contribution in [0.2, 0.25) is 0 Å². The number of likely N-dealkylation sites (N-methyl/N-ethyl adjacent to an activating group) is 1. The Morgan fingerprint density at radius 2 is 1.93 bits per heavy atom. The van der Waals surface area contributed by atoms with Crippen molar-refractivity contribution < 1.29 is 14.3 Å². The summed E-state index contributed by atoms with van der Waals surface area (Å²) in [6, 6.07) is 0. The Morgan fingerprint density at radius 1 is 1.27 bits per heavy atom. The molecule has 0 unspecified atom stereocenters. The van der Waals surface area contributed by atoms with E-state index in [2.05, 4.69) is 5.32 Å². The summed E-state index contributed by atoms with van der Waals surface area (Å²) in [6.45, 7) is 3.12. The largest absolute Gasteiger partial charge is 0.385 e. The molecular weight excluding hydrogens is 196 g/mol. The van der Waals surface area contributed by atoms with E-state index in [4.69, 9.17) is 9.47 Å². The van der Waals surface area contributed by atoms with Crippen molar-refractivity contribution in [1.82, 2.24) is 10.2 Å². The number of amides is 1. The van der Waals surface area contributed by atoms with Gasteiger partial charge in [-0.1, -0.05) is 0 Å². The molecule has 0 atom stereocenters. The molecular formula is C10H22N2O3. The maximum absolute atomic E-state index is 11.5. The topological polar surface area (TPSA) is 50.8 Å². The summed E-state index contributed by atoms with van der Waals surface area (Å²) >= 11 is 0. The zero-order valence-electron chi connectivity index (χ0n) is 9.91. The minimum Gasteiger partial charge on any atom is -0.385 e. The first-order chi connectivity index (χ1) is 7.22. The minimum absolute atomic E-state index is 0.0993. The summed E-state index contributed by atoms with van der Waals surface area (Å²) in [7, 11) is 5.10. The first-order valence-electron chi connectivity index (χ1n) is 5.15. The molecule has 0 bridgehead atoms. The molecule has 0 aromatic rings. The van der Waals surface area contributed by atoms with E-state index in [9.17, 15) is 4.79 Å². The van der Waals surface area contributed by atoms with Gasteiger partial charge in [0.05, 0.1) is 13.2 Å². The van der Waals surface area contributed by atoms with Gasteiger partial charge in [-0.25, -0.2) is 0 Å². The summed E-state index contributed by atoms with van der Waals surface area (Å²) in [5, 5.41) is 3.01. The molecule has 0 radical (unpaired) electrons. The number of carbonyl (C=O) groups is 1. The van der Waals surface area contributed by atoms with E-state index >= 15 is 0 Å². The molecule has 15 heavy (non-hydrogen) atoms. The minimum atomic E-state index is 0.0993. The first kappa shape index (κ1) is 14.3. The van der Waals surface area contributed by atoms with Crippen LogP contribution >= 0.6 is 0 Å². The van der Waals surface area contributed by atoms with Crippen LogP contribution in [0.3, 0.4) is 0 Å². The van der Waals surface area contributed by atoms with Crippen LogP contribution in [0.4, 0.5) is 0 Å². The van der Waals surface area contributed by atoms with Gasteiger partial charge in [0.2, 0.25) is 5.91 Å². The molecule has 90 valence electrons. The number of ether oxygens (including phenoxy) is 2. The second-order valence-corrected chi connectivity index (χ2v) is 3.33. The standard InChI is InChI=1S/C10H22N2O3/c1-12(6-4-7-14-2)10(13)9-11-5-8-15-3/h11H,4-9H2,1-3H3. The van der Waals surface area contributed by atoms with Crippen LogP contribution in [0.1, 0.15) is 6.42 Å². The SMILES string of the molecule is COCCCN(C)C(=O)CNCCOC. The molecule has 1 amide bonds. The fourth-order valence-electron chi connectivity index (χ4n) is 1.08. The summed E-state index contributed by atoms with van der Waals surface area (Å²) < 4.78 is 9.77. The predicted octanol–water partition coefficient (Wildman–Crippen LogP) is -0.283. The lowest BCUT2D eigenvalue weighted by molar-refractivity contribution is -0.129. The van der Waals surface area contributed by atoms with Crippen molar-refractivity contribution in [3.05, 3.63) is 0 Å². The second kappa shape index (κ2) is 9.89. The quantitative estimate of drug-likeness (QED) is 0.541. The molecule has 0 saturated heterocycles. The average molecular weight is 218 g/mol. The van der Waals surface area contributed by atoms with Crippen LogP contribution in [0.5, 0.6) is 0 Å². The van der Waals surface area contributed by atoms with Gasteiger partial charge in [0.15, 0.2) is 0 Å². The number of nitrogens with one attached hydrogen (secondary N) is 1. The third-order valence-corrected chi connectivity index (χ3v) is 2.03. The average Bonchev–Trinajstić information content (AvgIpc) is 2.24. The lowest BCUT2D eigenvalue weighted by Crippen LogP contribution is -2.37. The number of methoxy groups -OCH3 is 2. The summed E-state index contributed by atoms with van der Waals surface area (Å²) in [4.78, 5) is 13.2. The van der Waals surface area contributed by atoms with Crippen LogP contribution in [0, 0.1) is 0 Å². The Balaban J connectivity index is 3.42. The highest BCUT2D eigenvalue weighted by molar-refractivity contribution is 5.77. The molecule has 0 heterocycles. The lowest BCUT2D eigenvalue weighted by Gasteiger charge is -2.17. The van der Waals surface area contributed by atoms with Gasteiger partial charge in [0.1, 0.15) is 0 Å². The fraction of sp³-hybridized carbons (Fsp3) is 0.900. The smallest absolute Gasteiger partial charge is 0.236 e. The van der Waals surface area contributed by atoms with Crippen LogP contribution in [0.25, 0.3) is 0 Å². The molecule has 0 spiro atoms. The lowest BCUT2D eigenvalue weighted by atomic mass is 10.4. The zero-order chi connectivity index (χ0) is 11.5. The maximum Gasteiger partial charge on any atom is 0.236 e. The van der Waals surface area contributed by atoms with Crippen molar-refractivity contribution >= 4 is 5.91 Å². The summed E-state index contributed by atoms with van der Waals surface area (Å²) in [5.74, 6) is 0.0993. The van der Waals surface area contributed by atoms with Gasteiger partial charge in [-0.3, -0.25) is 4.79 Å². The molecule has 0 aromatic heterocycles. The number of hydrogen-bond donors (Lipinski definition) is 1. The van der Waals surface area contributed by atoms with Crippen LogP contribution in [-0.2, 0) is 14.3 Å². The van der Waals surface area contributed by atoms with E-state index < -0.39 is 0 Å². The molecule has 0 aliphatic carbocycles. The van der Waals surface area contributed by atoms with Crippen LogP contribution < -0.4 is 5.32 Å². The summed E-state index contributed by atoms with van der Waals surface area (Å²) in [6.07, 6.45) is 0.872. The van der Waals surface area contributed by atoms with E-state index in [0.717, 1.165) is 13.0 Å². The van der Waals surface area contributed by atoms with E-state index in [1.165, 1.54) is 0 Å². The summed E-state index contributed by atoms with van der Waals surface area (Å²) in [5.41, 5.74) is 0. The Bertz CT molecular complexity index is 165. The number of carbonyl (C=O) groups excluding carboxylic acids is 1. The highest BCUT2D eigenvalue weighted by atomic mass is 16.5. The van der Waals surface area contributed by atoms with Gasteiger partial charge >= 0.3 is 0 Å². The van der Waals surface area contributed by atoms with Gasteiger partial charge in [0.25, 0.3) is 0 Å². The normalized spacial score (nSPS) is 10.3. The number of nitrogens with zero attached hydrogens (tertiary/aromatic N) is 1. The molecule has 0 aromatic carbocycles. The van der Waals surface area contributed by atoms with Gasteiger partial charge in [0, 0.05) is 41.0 Å². The van der Waals surface area contributed by atoms with Crippen molar-refractivity contribution in [2.75, 3.05) is 54.1 Å². The Hall–Kier alpha value is -0.650. The molecule has 0 aliphatic heterocycles. The monoisotopic (exact) mass is 218 g/mol. The third kappa shape index (κ3) is 8.35. The maximum atomic E-state index is 11.5. The third-order valence-electron chi connectivity index (χ3n) is 2.03.